The van der Waals surface area contributed by atoms with Gasteiger partial charge in [0.15, 0.2) is 11.6 Å². The van der Waals surface area contributed by atoms with Crippen LogP contribution in [0.1, 0.15) is 104 Å². The molecule has 38 heavy (non-hydrogen) atoms. The third kappa shape index (κ3) is 15.3. The van der Waals surface area contributed by atoms with Crippen LogP contribution in [0.15, 0.2) is 77.4 Å². The van der Waals surface area contributed by atoms with Gasteiger partial charge in [-0.2, -0.15) is 0 Å². The Labute approximate surface area is 233 Å². The van der Waals surface area contributed by atoms with Gasteiger partial charge in [-0.1, -0.05) is 124 Å². The zero-order chi connectivity index (χ0) is 28.2. The molecule has 0 radical (unpaired) electrons. The van der Waals surface area contributed by atoms with E-state index in [1.54, 1.807) is 6.08 Å². The van der Waals surface area contributed by atoms with Gasteiger partial charge >= 0.3 is 0 Å². The van der Waals surface area contributed by atoms with E-state index in [0.29, 0.717) is 0 Å². The Balaban J connectivity index is 2.43. The quantitative estimate of drug-likeness (QED) is 0.0602. The highest BCUT2D eigenvalue weighted by atomic mass is 16.1. The van der Waals surface area contributed by atoms with E-state index in [-0.39, 0.29) is 17.1 Å². The number of carbonyl (C=O) groups is 2. The Bertz CT molecular complexity index is 973. The summed E-state index contributed by atoms with van der Waals surface area (Å²) in [5.41, 5.74) is 4.68. The van der Waals surface area contributed by atoms with Crippen molar-refractivity contribution >= 4 is 23.3 Å². The predicted octanol–water partition coefficient (Wildman–Crippen LogP) is 9.61. The van der Waals surface area contributed by atoms with Crippen LogP contribution in [0.25, 0.3) is 6.08 Å². The van der Waals surface area contributed by atoms with Gasteiger partial charge in [0, 0.05) is 19.3 Å². The van der Waals surface area contributed by atoms with Crippen LogP contribution < -0.4 is 4.90 Å². The van der Waals surface area contributed by atoms with Gasteiger partial charge in [0.1, 0.15) is 0 Å². The number of rotatable bonds is 19. The number of anilines is 1. The second-order valence-electron chi connectivity index (χ2n) is 10.4. The fraction of sp³-hybridized carbons (Fsp3) is 0.486. The van der Waals surface area contributed by atoms with Gasteiger partial charge in [0.25, 0.3) is 0 Å². The lowest BCUT2D eigenvalue weighted by Crippen LogP contribution is -2.18. The minimum Gasteiger partial charge on any atom is -0.375 e. The molecule has 0 saturated carbocycles. The Hall–Kier alpha value is -2.94. The van der Waals surface area contributed by atoms with E-state index in [2.05, 4.69) is 62.2 Å². The van der Waals surface area contributed by atoms with Crippen molar-refractivity contribution in [2.45, 2.75) is 98.8 Å². The molecule has 0 amide bonds. The molecule has 0 bridgehead atoms. The van der Waals surface area contributed by atoms with Crippen molar-refractivity contribution in [1.29, 1.82) is 0 Å². The number of hydrogen-bond donors (Lipinski definition) is 0. The average Bonchev–Trinajstić information content (AvgIpc) is 2.89. The van der Waals surface area contributed by atoms with Crippen LogP contribution in [0.5, 0.6) is 0 Å². The zero-order valence-corrected chi connectivity index (χ0v) is 24.9. The number of unbranched alkanes of at least 4 members (excludes halogenated alkanes) is 9. The first-order chi connectivity index (χ1) is 18.2. The number of benzene rings is 1. The molecule has 0 atom stereocenters. The van der Waals surface area contributed by atoms with Crippen LogP contribution in [0.4, 0.5) is 5.69 Å². The largest absolute Gasteiger partial charge is 0.375 e. The van der Waals surface area contributed by atoms with E-state index >= 15 is 0 Å². The van der Waals surface area contributed by atoms with Gasteiger partial charge in [-0.05, 0) is 57.9 Å². The van der Waals surface area contributed by atoms with Crippen molar-refractivity contribution in [3.05, 3.63) is 83.0 Å². The van der Waals surface area contributed by atoms with Crippen LogP contribution >= 0.6 is 0 Å². The molecule has 0 saturated heterocycles. The van der Waals surface area contributed by atoms with E-state index in [9.17, 15) is 9.59 Å². The van der Waals surface area contributed by atoms with Crippen molar-refractivity contribution in [1.82, 2.24) is 0 Å². The molecule has 0 aliphatic rings. The Morgan fingerprint density at radius 3 is 1.74 bits per heavy atom. The number of carbonyl (C=O) groups excluding carboxylic acids is 2. The standard InChI is InChI=1S/C35H51NO2/c1-7-8-9-10-11-12-13-14-15-18-27-36(6)34-25-23-33(24-26-34)22-21-29(2)19-16-17-20-30(3)28-35(31(4)37)32(5)38/h16-17,19-26,28H,7-15,18,27H2,1-6H3. The number of ketones is 2. The molecule has 0 unspecified atom stereocenters. The molecule has 0 aliphatic heterocycles. The molecule has 1 aromatic carbocycles. The lowest BCUT2D eigenvalue weighted by atomic mass is 10.1. The fourth-order valence-corrected chi connectivity index (χ4v) is 4.23. The molecule has 1 rings (SSSR count). The smallest absolute Gasteiger partial charge is 0.163 e. The molecule has 208 valence electrons. The molecule has 0 spiro atoms. The number of allylic oxidation sites excluding steroid dienone is 9. The lowest BCUT2D eigenvalue weighted by molar-refractivity contribution is -0.119. The summed E-state index contributed by atoms with van der Waals surface area (Å²) in [6.45, 7) is 10.2. The van der Waals surface area contributed by atoms with Crippen LogP contribution in [-0.2, 0) is 9.59 Å². The van der Waals surface area contributed by atoms with Gasteiger partial charge in [-0.25, -0.2) is 0 Å². The van der Waals surface area contributed by atoms with Crippen molar-refractivity contribution in [3.8, 4) is 0 Å². The summed E-state index contributed by atoms with van der Waals surface area (Å²) in [5, 5.41) is 0. The summed E-state index contributed by atoms with van der Waals surface area (Å²) in [6, 6.07) is 8.74. The van der Waals surface area contributed by atoms with Gasteiger partial charge in [0.2, 0.25) is 0 Å². The summed E-state index contributed by atoms with van der Waals surface area (Å²) in [5.74, 6) is -0.410. The second-order valence-corrected chi connectivity index (χ2v) is 10.4. The van der Waals surface area contributed by atoms with Gasteiger partial charge in [-0.3, -0.25) is 9.59 Å². The summed E-state index contributed by atoms with van der Waals surface area (Å²) < 4.78 is 0. The van der Waals surface area contributed by atoms with Crippen molar-refractivity contribution in [3.63, 3.8) is 0 Å². The van der Waals surface area contributed by atoms with Gasteiger partial charge in [-0.15, -0.1) is 0 Å². The third-order valence-electron chi connectivity index (χ3n) is 6.68. The topological polar surface area (TPSA) is 37.4 Å². The van der Waals surface area contributed by atoms with Crippen molar-refractivity contribution < 1.29 is 9.59 Å². The van der Waals surface area contributed by atoms with Crippen LogP contribution in [0.2, 0.25) is 0 Å². The number of nitrogens with zero attached hydrogens (tertiary/aromatic N) is 1. The summed E-state index contributed by atoms with van der Waals surface area (Å²) in [6.07, 6.45) is 27.4. The molecule has 1 aromatic rings. The minimum absolute atomic E-state index is 0.205. The van der Waals surface area contributed by atoms with E-state index in [0.717, 1.165) is 17.7 Å². The van der Waals surface area contributed by atoms with Gasteiger partial charge < -0.3 is 4.90 Å². The molecule has 0 N–H and O–H groups in total. The van der Waals surface area contributed by atoms with Crippen LogP contribution in [-0.4, -0.2) is 25.2 Å². The summed E-state index contributed by atoms with van der Waals surface area (Å²) >= 11 is 0. The highest BCUT2D eigenvalue weighted by Gasteiger charge is 2.08. The average molecular weight is 518 g/mol. The molecule has 3 nitrogen and oxygen atoms in total. The van der Waals surface area contributed by atoms with E-state index < -0.39 is 0 Å². The first-order valence-electron chi connectivity index (χ1n) is 14.5. The third-order valence-corrected chi connectivity index (χ3v) is 6.68. The van der Waals surface area contributed by atoms with E-state index in [4.69, 9.17) is 0 Å². The molecule has 3 heteroatoms. The molecular formula is C35H51NO2. The Morgan fingerprint density at radius 2 is 1.21 bits per heavy atom. The molecule has 0 aromatic heterocycles. The maximum atomic E-state index is 11.5. The van der Waals surface area contributed by atoms with Crippen LogP contribution in [0, 0.1) is 0 Å². The molecular weight excluding hydrogens is 466 g/mol. The minimum atomic E-state index is -0.205. The molecule has 0 heterocycles. The summed E-state index contributed by atoms with van der Waals surface area (Å²) in [4.78, 5) is 25.4. The SMILES string of the molecule is CCCCCCCCCCCCN(C)c1ccc(C=CC(C)=CC=CC=C(C)C=C(C(C)=O)C(C)=O)cc1. The normalized spacial score (nSPS) is 12.4. The zero-order valence-electron chi connectivity index (χ0n) is 24.9. The monoisotopic (exact) mass is 517 g/mol. The Kier molecular flexibility index (Phi) is 17.5. The Morgan fingerprint density at radius 1 is 0.711 bits per heavy atom. The van der Waals surface area contributed by atoms with E-state index in [1.165, 1.54) is 89.3 Å². The first-order valence-corrected chi connectivity index (χ1v) is 14.5. The highest BCUT2D eigenvalue weighted by molar-refractivity contribution is 6.18. The molecule has 0 fully saturated rings. The number of hydrogen-bond acceptors (Lipinski definition) is 3. The predicted molar refractivity (Wildman–Crippen MR) is 167 cm³/mol. The fourth-order valence-electron chi connectivity index (χ4n) is 4.23. The van der Waals surface area contributed by atoms with Gasteiger partial charge in [0.05, 0.1) is 5.57 Å². The maximum Gasteiger partial charge on any atom is 0.163 e. The molecule has 0 aliphatic carbocycles. The van der Waals surface area contributed by atoms with E-state index in [1.807, 2.05) is 31.2 Å². The number of Topliss-reactive ketones (excluding diaryl/α,β-unsaturated/α-hetero) is 2. The van der Waals surface area contributed by atoms with Crippen LogP contribution in [0.3, 0.4) is 0 Å². The van der Waals surface area contributed by atoms with Crippen molar-refractivity contribution in [2.24, 2.45) is 0 Å². The maximum absolute atomic E-state index is 11.5. The second kappa shape index (κ2) is 20.1. The lowest BCUT2D eigenvalue weighted by Gasteiger charge is -2.19. The summed E-state index contributed by atoms with van der Waals surface area (Å²) in [7, 11) is 2.19. The first kappa shape index (κ1) is 33.1. The highest BCUT2D eigenvalue weighted by Crippen LogP contribution is 2.17. The van der Waals surface area contributed by atoms with Crippen molar-refractivity contribution in [2.75, 3.05) is 18.5 Å².